The normalized spacial score (nSPS) is 10.8. The number of carbonyl (C=O) groups excluding carboxylic acids is 1. The van der Waals surface area contributed by atoms with Crippen molar-refractivity contribution in [3.8, 4) is 17.7 Å². The molecule has 0 aliphatic rings. The van der Waals surface area contributed by atoms with Gasteiger partial charge in [-0.3, -0.25) is 14.2 Å². The van der Waals surface area contributed by atoms with Crippen molar-refractivity contribution in [3.05, 3.63) is 117 Å². The van der Waals surface area contributed by atoms with Gasteiger partial charge in [-0.2, -0.15) is 5.26 Å². The number of ether oxygens (including phenoxy) is 1. The number of azo groups is 1. The summed E-state index contributed by atoms with van der Waals surface area (Å²) >= 11 is 0. The van der Waals surface area contributed by atoms with E-state index >= 15 is 0 Å². The predicted octanol–water partition coefficient (Wildman–Crippen LogP) is 5.63. The van der Waals surface area contributed by atoms with Crippen molar-refractivity contribution in [2.75, 3.05) is 7.11 Å². The van der Waals surface area contributed by atoms with Crippen LogP contribution in [0.3, 0.4) is 0 Å². The zero-order valence-corrected chi connectivity index (χ0v) is 20.4. The van der Waals surface area contributed by atoms with Crippen LogP contribution in [0, 0.1) is 18.3 Å². The molecule has 0 saturated heterocycles. The number of rotatable bonds is 8. The Morgan fingerprint density at radius 1 is 1.00 bits per heavy atom. The molecule has 1 heterocycles. The molecule has 0 saturated carbocycles. The van der Waals surface area contributed by atoms with Crippen LogP contribution in [0.4, 0.5) is 11.4 Å². The molecule has 0 fully saturated rings. The number of carbonyl (C=O) groups is 1. The van der Waals surface area contributed by atoms with Gasteiger partial charge in [-0.15, -0.1) is 10.2 Å². The fourth-order valence-corrected chi connectivity index (χ4v) is 3.90. The Morgan fingerprint density at radius 3 is 2.35 bits per heavy atom. The Hall–Kier alpha value is -5.03. The average molecular weight is 493 g/mol. The average Bonchev–Trinajstić information content (AvgIpc) is 2.93. The van der Waals surface area contributed by atoms with Crippen LogP contribution < -0.4 is 10.3 Å². The third kappa shape index (κ3) is 5.31. The number of methoxy groups -OCH3 is 1. The second-order valence-electron chi connectivity index (χ2n) is 8.25. The molecule has 0 amide bonds. The topological polar surface area (TPSA) is 117 Å². The van der Waals surface area contributed by atoms with E-state index in [9.17, 15) is 20.0 Å². The van der Waals surface area contributed by atoms with Crippen molar-refractivity contribution in [3.63, 3.8) is 0 Å². The van der Waals surface area contributed by atoms with Crippen LogP contribution >= 0.6 is 0 Å². The maximum atomic E-state index is 13.3. The summed E-state index contributed by atoms with van der Waals surface area (Å²) in [5.74, 6) is 0.0592. The summed E-state index contributed by atoms with van der Waals surface area (Å²) < 4.78 is 6.28. The van der Waals surface area contributed by atoms with E-state index < -0.39 is 11.4 Å². The number of benzene rings is 3. The third-order valence-electron chi connectivity index (χ3n) is 5.99. The first-order chi connectivity index (χ1) is 17.9. The van der Waals surface area contributed by atoms with Gasteiger partial charge in [0.1, 0.15) is 17.4 Å². The van der Waals surface area contributed by atoms with Crippen LogP contribution in [0.1, 0.15) is 32.6 Å². The highest BCUT2D eigenvalue weighted by atomic mass is 16.5. The molecule has 0 spiro atoms. The van der Waals surface area contributed by atoms with Gasteiger partial charge in [0.05, 0.1) is 18.4 Å². The molecular formula is C29H24N4O4. The van der Waals surface area contributed by atoms with E-state index in [1.807, 2.05) is 36.4 Å². The molecule has 0 aliphatic carbocycles. The summed E-state index contributed by atoms with van der Waals surface area (Å²) in [6.07, 6.45) is 0.427. The Kier molecular flexibility index (Phi) is 7.55. The molecule has 1 N–H and O–H groups in total. The first-order valence-corrected chi connectivity index (χ1v) is 11.5. The third-order valence-corrected chi connectivity index (χ3v) is 5.99. The highest BCUT2D eigenvalue weighted by molar-refractivity contribution is 6.11. The first kappa shape index (κ1) is 25.1. The van der Waals surface area contributed by atoms with Crippen LogP contribution in [-0.4, -0.2) is 22.6 Å². The van der Waals surface area contributed by atoms with Crippen LogP contribution in [0.15, 0.2) is 93.9 Å². The van der Waals surface area contributed by atoms with E-state index in [2.05, 4.69) is 10.2 Å². The molecule has 4 rings (SSSR count). The lowest BCUT2D eigenvalue weighted by Crippen LogP contribution is -2.23. The Balaban J connectivity index is 1.70. The number of hydrogen-bond acceptors (Lipinski definition) is 7. The van der Waals surface area contributed by atoms with Crippen LogP contribution in [0.25, 0.3) is 0 Å². The SMILES string of the molecule is COc1ccc(CCn2c(O)c(C#N)c(C)c(N=Nc3ccccc3C(=O)c3ccccc3)c2=O)cc1. The number of aromatic nitrogens is 1. The number of ketones is 1. The van der Waals surface area contributed by atoms with E-state index in [0.717, 1.165) is 10.1 Å². The maximum Gasteiger partial charge on any atom is 0.281 e. The lowest BCUT2D eigenvalue weighted by Gasteiger charge is -2.13. The molecule has 0 aliphatic heterocycles. The molecule has 0 unspecified atom stereocenters. The molecule has 3 aromatic carbocycles. The van der Waals surface area contributed by atoms with E-state index in [1.165, 1.54) is 6.92 Å². The minimum atomic E-state index is -0.585. The van der Waals surface area contributed by atoms with Gasteiger partial charge >= 0.3 is 0 Å². The van der Waals surface area contributed by atoms with Crippen LogP contribution in [-0.2, 0) is 13.0 Å². The zero-order valence-electron chi connectivity index (χ0n) is 20.4. The van der Waals surface area contributed by atoms with Crippen LogP contribution in [0.2, 0.25) is 0 Å². The van der Waals surface area contributed by atoms with Crippen LogP contribution in [0.5, 0.6) is 11.6 Å². The van der Waals surface area contributed by atoms with Gasteiger partial charge in [0, 0.05) is 17.7 Å². The van der Waals surface area contributed by atoms with Gasteiger partial charge in [-0.1, -0.05) is 54.6 Å². The summed E-state index contributed by atoms with van der Waals surface area (Å²) in [5, 5.41) is 28.7. The molecule has 8 heteroatoms. The fourth-order valence-electron chi connectivity index (χ4n) is 3.90. The van der Waals surface area contributed by atoms with Gasteiger partial charge in [-0.05, 0) is 43.2 Å². The fraction of sp³-hybridized carbons (Fsp3) is 0.138. The Bertz CT molecular complexity index is 1570. The number of pyridine rings is 1. The smallest absolute Gasteiger partial charge is 0.281 e. The Morgan fingerprint density at radius 2 is 1.68 bits per heavy atom. The standard InChI is InChI=1S/C29H24N4O4/c1-19-24(18-30)28(35)33(17-16-20-12-14-22(37-2)15-13-20)29(36)26(19)32-31-25-11-7-6-10-23(25)27(34)21-8-4-3-5-9-21/h3-15,35H,16-17H2,1-2H3. The maximum absolute atomic E-state index is 13.3. The second-order valence-corrected chi connectivity index (χ2v) is 8.25. The lowest BCUT2D eigenvalue weighted by atomic mass is 10.0. The van der Waals surface area contributed by atoms with Gasteiger partial charge in [0.25, 0.3) is 5.56 Å². The van der Waals surface area contributed by atoms with E-state index in [1.54, 1.807) is 55.6 Å². The zero-order chi connectivity index (χ0) is 26.4. The first-order valence-electron chi connectivity index (χ1n) is 11.5. The highest BCUT2D eigenvalue weighted by Crippen LogP contribution is 2.29. The molecule has 0 radical (unpaired) electrons. The quantitative estimate of drug-likeness (QED) is 0.253. The summed E-state index contributed by atoms with van der Waals surface area (Å²) in [6.45, 7) is 1.65. The monoisotopic (exact) mass is 492 g/mol. The number of aryl methyl sites for hydroxylation is 1. The second kappa shape index (κ2) is 11.1. The minimum absolute atomic E-state index is 0.0584. The number of nitriles is 1. The molecule has 1 aromatic heterocycles. The molecule has 8 nitrogen and oxygen atoms in total. The molecule has 37 heavy (non-hydrogen) atoms. The van der Waals surface area contributed by atoms with E-state index in [4.69, 9.17) is 4.74 Å². The largest absolute Gasteiger partial charge is 0.497 e. The molecule has 0 bridgehead atoms. The molecule has 184 valence electrons. The van der Waals surface area contributed by atoms with Crippen molar-refractivity contribution in [1.82, 2.24) is 4.57 Å². The lowest BCUT2D eigenvalue weighted by molar-refractivity contribution is 0.103. The number of aromatic hydroxyl groups is 1. The van der Waals surface area contributed by atoms with E-state index in [0.29, 0.717) is 23.3 Å². The Labute approximate surface area is 213 Å². The molecular weight excluding hydrogens is 468 g/mol. The van der Waals surface area contributed by atoms with E-state index in [-0.39, 0.29) is 34.8 Å². The van der Waals surface area contributed by atoms with Gasteiger partial charge in [0.2, 0.25) is 5.88 Å². The number of hydrogen-bond donors (Lipinski definition) is 1. The predicted molar refractivity (Wildman–Crippen MR) is 139 cm³/mol. The van der Waals surface area contributed by atoms with Crippen molar-refractivity contribution in [1.29, 1.82) is 5.26 Å². The molecule has 4 aromatic rings. The summed E-state index contributed by atoms with van der Waals surface area (Å²) in [5.41, 5.74) is 1.52. The summed E-state index contributed by atoms with van der Waals surface area (Å²) in [6, 6.07) is 24.8. The highest BCUT2D eigenvalue weighted by Gasteiger charge is 2.20. The van der Waals surface area contributed by atoms with Gasteiger partial charge in [-0.25, -0.2) is 0 Å². The van der Waals surface area contributed by atoms with Crippen molar-refractivity contribution < 1.29 is 14.6 Å². The van der Waals surface area contributed by atoms with Crippen molar-refractivity contribution in [2.24, 2.45) is 10.2 Å². The number of nitrogens with zero attached hydrogens (tertiary/aromatic N) is 4. The van der Waals surface area contributed by atoms with Crippen molar-refractivity contribution in [2.45, 2.75) is 19.9 Å². The van der Waals surface area contributed by atoms with Gasteiger partial charge < -0.3 is 9.84 Å². The summed E-state index contributed by atoms with van der Waals surface area (Å²) in [7, 11) is 1.58. The molecule has 0 atom stereocenters. The van der Waals surface area contributed by atoms with Crippen molar-refractivity contribution >= 4 is 17.2 Å². The summed E-state index contributed by atoms with van der Waals surface area (Å²) in [4.78, 5) is 26.3. The minimum Gasteiger partial charge on any atom is -0.497 e. The van der Waals surface area contributed by atoms with Gasteiger partial charge in [0.15, 0.2) is 11.5 Å².